The molecule has 7 nitrogen and oxygen atoms in total. The summed E-state index contributed by atoms with van der Waals surface area (Å²) in [6, 6.07) is 9.00. The molecule has 3 rings (SSSR count). The van der Waals surface area contributed by atoms with Gasteiger partial charge in [-0.05, 0) is 49.2 Å². The van der Waals surface area contributed by atoms with Crippen molar-refractivity contribution in [3.63, 3.8) is 0 Å². The molecule has 0 aliphatic carbocycles. The minimum atomic E-state index is -3.60. The molecule has 1 saturated heterocycles. The Morgan fingerprint density at radius 1 is 1.15 bits per heavy atom. The van der Waals surface area contributed by atoms with E-state index in [1.165, 1.54) is 4.31 Å². The Kier molecular flexibility index (Phi) is 5.35. The zero-order valence-electron chi connectivity index (χ0n) is 15.6. The van der Waals surface area contributed by atoms with Crippen molar-refractivity contribution >= 4 is 15.8 Å². The first-order valence-corrected chi connectivity index (χ1v) is 10.1. The Morgan fingerprint density at radius 2 is 1.85 bits per heavy atom. The van der Waals surface area contributed by atoms with Gasteiger partial charge in [0.25, 0.3) is 0 Å². The van der Waals surface area contributed by atoms with Crippen LogP contribution in [0.5, 0.6) is 5.75 Å². The van der Waals surface area contributed by atoms with Crippen LogP contribution in [0.3, 0.4) is 0 Å². The number of piperazine rings is 1. The van der Waals surface area contributed by atoms with Crippen LogP contribution >= 0.6 is 0 Å². The Hall–Kier alpha value is -2.63. The van der Waals surface area contributed by atoms with E-state index in [2.05, 4.69) is 11.1 Å². The van der Waals surface area contributed by atoms with Crippen LogP contribution in [-0.4, -0.2) is 51.0 Å². The van der Waals surface area contributed by atoms with Crippen molar-refractivity contribution in [2.24, 2.45) is 0 Å². The number of sulfonamides is 1. The molecule has 0 unspecified atom stereocenters. The van der Waals surface area contributed by atoms with E-state index in [-0.39, 0.29) is 0 Å². The summed E-state index contributed by atoms with van der Waals surface area (Å²) in [7, 11) is -2.02. The summed E-state index contributed by atoms with van der Waals surface area (Å²) in [6.45, 7) is 5.26. The number of rotatable bonds is 4. The number of hydrogen-bond donors (Lipinski definition) is 0. The monoisotopic (exact) mass is 386 g/mol. The summed E-state index contributed by atoms with van der Waals surface area (Å²) in [4.78, 5) is 6.55. The van der Waals surface area contributed by atoms with Crippen molar-refractivity contribution in [1.29, 1.82) is 5.26 Å². The molecule has 0 amide bonds. The van der Waals surface area contributed by atoms with E-state index >= 15 is 0 Å². The zero-order chi connectivity index (χ0) is 19.6. The maximum Gasteiger partial charge on any atom is 0.243 e. The molecule has 2 aromatic rings. The van der Waals surface area contributed by atoms with Crippen LogP contribution in [0, 0.1) is 25.2 Å². The van der Waals surface area contributed by atoms with Crippen molar-refractivity contribution in [1.82, 2.24) is 9.29 Å². The first-order valence-electron chi connectivity index (χ1n) is 8.64. The Bertz CT molecular complexity index is 990. The molecule has 0 radical (unpaired) electrons. The quantitative estimate of drug-likeness (QED) is 0.800. The van der Waals surface area contributed by atoms with Gasteiger partial charge in [0.15, 0.2) is 0 Å². The van der Waals surface area contributed by atoms with Gasteiger partial charge in [-0.3, -0.25) is 0 Å². The molecule has 8 heteroatoms. The summed E-state index contributed by atoms with van der Waals surface area (Å²) in [6.07, 6.45) is 1.64. The van der Waals surface area contributed by atoms with E-state index in [1.807, 2.05) is 11.8 Å². The summed E-state index contributed by atoms with van der Waals surface area (Å²) >= 11 is 0. The fraction of sp³-hybridized carbons (Fsp3) is 0.368. The molecular formula is C19H22N4O3S. The standard InChI is InChI=1S/C19H22N4O3S/c1-14-12-18(15(2)11-17(14)26-3)27(24,25)23-9-7-22(8-10-23)19-16(13-20)5-4-6-21-19/h4-6,11-12H,7-10H2,1-3H3. The second kappa shape index (κ2) is 7.55. The van der Waals surface area contributed by atoms with Crippen molar-refractivity contribution in [3.8, 4) is 11.8 Å². The van der Waals surface area contributed by atoms with Crippen LogP contribution in [0.25, 0.3) is 0 Å². The second-order valence-corrected chi connectivity index (χ2v) is 8.37. The molecule has 1 aromatic heterocycles. The molecule has 1 aromatic carbocycles. The molecule has 0 N–H and O–H groups in total. The zero-order valence-corrected chi connectivity index (χ0v) is 16.5. The number of benzene rings is 1. The van der Waals surface area contributed by atoms with Crippen molar-refractivity contribution in [2.45, 2.75) is 18.7 Å². The summed E-state index contributed by atoms with van der Waals surface area (Å²) in [5.41, 5.74) is 1.94. The molecule has 0 bridgehead atoms. The van der Waals surface area contributed by atoms with E-state index in [1.54, 1.807) is 44.5 Å². The van der Waals surface area contributed by atoms with Gasteiger partial charge in [-0.2, -0.15) is 9.57 Å². The van der Waals surface area contributed by atoms with Crippen LogP contribution in [0.2, 0.25) is 0 Å². The Labute approximate surface area is 159 Å². The van der Waals surface area contributed by atoms with Crippen LogP contribution < -0.4 is 9.64 Å². The second-order valence-electron chi connectivity index (χ2n) is 6.46. The number of methoxy groups -OCH3 is 1. The lowest BCUT2D eigenvalue weighted by molar-refractivity contribution is 0.383. The van der Waals surface area contributed by atoms with Gasteiger partial charge in [-0.15, -0.1) is 0 Å². The van der Waals surface area contributed by atoms with E-state index in [0.29, 0.717) is 53.8 Å². The topological polar surface area (TPSA) is 86.5 Å². The van der Waals surface area contributed by atoms with E-state index in [9.17, 15) is 13.7 Å². The maximum atomic E-state index is 13.1. The summed E-state index contributed by atoms with van der Waals surface area (Å²) in [5.74, 6) is 1.28. The molecule has 1 aliphatic rings. The lowest BCUT2D eigenvalue weighted by Gasteiger charge is -2.35. The molecular weight excluding hydrogens is 364 g/mol. The summed E-state index contributed by atoms with van der Waals surface area (Å²) in [5, 5.41) is 9.25. The van der Waals surface area contributed by atoms with Crippen molar-refractivity contribution in [3.05, 3.63) is 47.2 Å². The fourth-order valence-electron chi connectivity index (χ4n) is 3.28. The number of ether oxygens (including phenoxy) is 1. The predicted molar refractivity (Wildman–Crippen MR) is 102 cm³/mol. The van der Waals surface area contributed by atoms with Gasteiger partial charge in [-0.25, -0.2) is 13.4 Å². The normalized spacial score (nSPS) is 15.4. The number of nitriles is 1. The van der Waals surface area contributed by atoms with Crippen molar-refractivity contribution < 1.29 is 13.2 Å². The van der Waals surface area contributed by atoms with Crippen LogP contribution in [-0.2, 0) is 10.0 Å². The summed E-state index contributed by atoms with van der Waals surface area (Å²) < 4.78 is 33.0. The van der Waals surface area contributed by atoms with Crippen LogP contribution in [0.4, 0.5) is 5.82 Å². The minimum absolute atomic E-state index is 0.310. The molecule has 0 saturated carbocycles. The highest BCUT2D eigenvalue weighted by Gasteiger charge is 2.31. The largest absolute Gasteiger partial charge is 0.496 e. The van der Waals surface area contributed by atoms with Gasteiger partial charge in [0, 0.05) is 32.4 Å². The number of anilines is 1. The third-order valence-corrected chi connectivity index (χ3v) is 6.80. The molecule has 0 spiro atoms. The molecule has 1 aliphatic heterocycles. The van der Waals surface area contributed by atoms with Gasteiger partial charge in [0.05, 0.1) is 17.6 Å². The van der Waals surface area contributed by atoms with Crippen LogP contribution in [0.1, 0.15) is 16.7 Å². The third-order valence-electron chi connectivity index (χ3n) is 4.76. The molecule has 0 atom stereocenters. The SMILES string of the molecule is COc1cc(C)c(S(=O)(=O)N2CCN(c3ncccc3C#N)CC2)cc1C. The first-order chi connectivity index (χ1) is 12.9. The Balaban J connectivity index is 1.81. The number of pyridine rings is 1. The average molecular weight is 386 g/mol. The first kappa shape index (κ1) is 19.1. The number of hydrogen-bond acceptors (Lipinski definition) is 6. The highest BCUT2D eigenvalue weighted by Crippen LogP contribution is 2.29. The lowest BCUT2D eigenvalue weighted by atomic mass is 10.1. The predicted octanol–water partition coefficient (Wildman–Crippen LogP) is 2.09. The maximum absolute atomic E-state index is 13.1. The number of aromatic nitrogens is 1. The van der Waals surface area contributed by atoms with Gasteiger partial charge in [0.2, 0.25) is 10.0 Å². The van der Waals surface area contributed by atoms with Gasteiger partial charge < -0.3 is 9.64 Å². The van der Waals surface area contributed by atoms with E-state index < -0.39 is 10.0 Å². The fourth-order valence-corrected chi connectivity index (χ4v) is 4.99. The number of aryl methyl sites for hydroxylation is 2. The highest BCUT2D eigenvalue weighted by molar-refractivity contribution is 7.89. The number of nitrogens with zero attached hydrogens (tertiary/aromatic N) is 4. The average Bonchev–Trinajstić information content (AvgIpc) is 2.69. The smallest absolute Gasteiger partial charge is 0.243 e. The molecule has 142 valence electrons. The highest BCUT2D eigenvalue weighted by atomic mass is 32.2. The lowest BCUT2D eigenvalue weighted by Crippen LogP contribution is -2.49. The van der Waals surface area contributed by atoms with Gasteiger partial charge in [-0.1, -0.05) is 0 Å². The molecule has 1 fully saturated rings. The Morgan fingerprint density at radius 3 is 2.48 bits per heavy atom. The van der Waals surface area contributed by atoms with Gasteiger partial charge >= 0.3 is 0 Å². The molecule has 27 heavy (non-hydrogen) atoms. The third kappa shape index (κ3) is 3.61. The van der Waals surface area contributed by atoms with Crippen molar-refractivity contribution in [2.75, 3.05) is 38.2 Å². The minimum Gasteiger partial charge on any atom is -0.496 e. The van der Waals surface area contributed by atoms with Gasteiger partial charge in [0.1, 0.15) is 17.6 Å². The van der Waals surface area contributed by atoms with E-state index in [0.717, 1.165) is 5.56 Å². The van der Waals surface area contributed by atoms with E-state index in [4.69, 9.17) is 4.74 Å². The molecule has 2 heterocycles. The van der Waals surface area contributed by atoms with Crippen LogP contribution in [0.15, 0.2) is 35.4 Å².